The highest BCUT2D eigenvalue weighted by molar-refractivity contribution is 5.94. The van der Waals surface area contributed by atoms with Gasteiger partial charge in [0, 0.05) is 31.5 Å². The number of amides is 1. The van der Waals surface area contributed by atoms with E-state index in [1.165, 1.54) is 11.3 Å². The summed E-state index contributed by atoms with van der Waals surface area (Å²) in [5, 5.41) is 0. The predicted molar refractivity (Wildman–Crippen MR) is 102 cm³/mol. The van der Waals surface area contributed by atoms with Gasteiger partial charge >= 0.3 is 0 Å². The fourth-order valence-electron chi connectivity index (χ4n) is 3.18. The number of anilines is 2. The van der Waals surface area contributed by atoms with Crippen LogP contribution >= 0.6 is 0 Å². The lowest BCUT2D eigenvalue weighted by molar-refractivity contribution is 0.0790. The Balaban J connectivity index is 1.82. The molecule has 1 aromatic heterocycles. The largest absolute Gasteiger partial charge is 0.331 e. The van der Waals surface area contributed by atoms with Crippen LogP contribution in [0.5, 0.6) is 0 Å². The van der Waals surface area contributed by atoms with E-state index < -0.39 is 0 Å². The van der Waals surface area contributed by atoms with Crippen LogP contribution in [0.25, 0.3) is 0 Å². The molecule has 0 spiro atoms. The fourth-order valence-corrected chi connectivity index (χ4v) is 3.18. The minimum atomic E-state index is -0.0575. The van der Waals surface area contributed by atoms with Crippen molar-refractivity contribution in [2.45, 2.75) is 12.8 Å². The van der Waals surface area contributed by atoms with Crippen LogP contribution in [0.3, 0.4) is 0 Å². The molecule has 128 valence electrons. The van der Waals surface area contributed by atoms with Gasteiger partial charge in [-0.15, -0.1) is 13.2 Å². The SMILES string of the molecule is C=CCN(CC=C)C(=O)c1ccc(N2CCCc3ccccc32)nc1. The monoisotopic (exact) mass is 333 g/mol. The zero-order valence-corrected chi connectivity index (χ0v) is 14.4. The number of carbonyl (C=O) groups excluding carboxylic acids is 1. The summed E-state index contributed by atoms with van der Waals surface area (Å²) in [7, 11) is 0. The predicted octanol–water partition coefficient (Wildman–Crippen LogP) is 3.98. The molecule has 0 saturated heterocycles. The maximum Gasteiger partial charge on any atom is 0.255 e. The Morgan fingerprint density at radius 3 is 2.60 bits per heavy atom. The van der Waals surface area contributed by atoms with Crippen molar-refractivity contribution >= 4 is 17.4 Å². The Morgan fingerprint density at radius 1 is 1.16 bits per heavy atom. The summed E-state index contributed by atoms with van der Waals surface area (Å²) in [4.78, 5) is 21.0. The Hall–Kier alpha value is -2.88. The molecule has 0 atom stereocenters. The highest BCUT2D eigenvalue weighted by atomic mass is 16.2. The van der Waals surface area contributed by atoms with Gasteiger partial charge in [-0.1, -0.05) is 30.4 Å². The van der Waals surface area contributed by atoms with E-state index in [-0.39, 0.29) is 5.91 Å². The quantitative estimate of drug-likeness (QED) is 0.750. The third-order valence-electron chi connectivity index (χ3n) is 4.37. The number of hydrogen-bond acceptors (Lipinski definition) is 3. The Bertz CT molecular complexity index is 757. The van der Waals surface area contributed by atoms with Gasteiger partial charge in [0.1, 0.15) is 5.82 Å². The minimum absolute atomic E-state index is 0.0575. The standard InChI is InChI=1S/C21H23N3O/c1-3-13-23(14-4-2)21(25)18-11-12-20(22-16-18)24-15-7-9-17-8-5-6-10-19(17)24/h3-6,8,10-12,16H,1-2,7,9,13-15H2. The highest BCUT2D eigenvalue weighted by Gasteiger charge is 2.19. The zero-order chi connectivity index (χ0) is 17.6. The van der Waals surface area contributed by atoms with Crippen molar-refractivity contribution in [3.05, 3.63) is 79.0 Å². The van der Waals surface area contributed by atoms with Crippen LogP contribution in [-0.4, -0.2) is 35.4 Å². The molecule has 1 aliphatic rings. The molecule has 1 aliphatic heterocycles. The summed E-state index contributed by atoms with van der Waals surface area (Å²) in [5.74, 6) is 0.820. The lowest BCUT2D eigenvalue weighted by Gasteiger charge is -2.30. The van der Waals surface area contributed by atoms with Gasteiger partial charge < -0.3 is 9.80 Å². The van der Waals surface area contributed by atoms with Crippen LogP contribution in [0.15, 0.2) is 67.9 Å². The van der Waals surface area contributed by atoms with Crippen LogP contribution in [0.2, 0.25) is 0 Å². The number of para-hydroxylation sites is 1. The van der Waals surface area contributed by atoms with E-state index in [4.69, 9.17) is 0 Å². The van der Waals surface area contributed by atoms with Gasteiger partial charge in [-0.25, -0.2) is 4.98 Å². The van der Waals surface area contributed by atoms with Crippen LogP contribution in [0, 0.1) is 0 Å². The molecule has 0 N–H and O–H groups in total. The van der Waals surface area contributed by atoms with E-state index in [0.29, 0.717) is 18.7 Å². The van der Waals surface area contributed by atoms with Crippen molar-refractivity contribution in [3.8, 4) is 0 Å². The number of benzene rings is 1. The van der Waals surface area contributed by atoms with Crippen molar-refractivity contribution in [3.63, 3.8) is 0 Å². The number of rotatable bonds is 6. The van der Waals surface area contributed by atoms with Gasteiger partial charge in [0.25, 0.3) is 5.91 Å². The second-order valence-electron chi connectivity index (χ2n) is 6.08. The van der Waals surface area contributed by atoms with Crippen molar-refractivity contribution in [1.29, 1.82) is 0 Å². The molecule has 0 radical (unpaired) electrons. The third-order valence-corrected chi connectivity index (χ3v) is 4.37. The summed E-state index contributed by atoms with van der Waals surface area (Å²) in [6, 6.07) is 12.2. The molecular weight excluding hydrogens is 310 g/mol. The first-order valence-corrected chi connectivity index (χ1v) is 8.57. The molecule has 4 heteroatoms. The molecule has 3 rings (SSSR count). The molecule has 2 aromatic rings. The molecule has 0 fully saturated rings. The van der Waals surface area contributed by atoms with E-state index in [9.17, 15) is 4.79 Å². The molecule has 4 nitrogen and oxygen atoms in total. The smallest absolute Gasteiger partial charge is 0.255 e. The lowest BCUT2D eigenvalue weighted by Crippen LogP contribution is -2.31. The molecule has 0 aliphatic carbocycles. The molecule has 1 aromatic carbocycles. The maximum absolute atomic E-state index is 12.6. The van der Waals surface area contributed by atoms with E-state index >= 15 is 0 Å². The van der Waals surface area contributed by atoms with E-state index in [0.717, 1.165) is 25.2 Å². The molecular formula is C21H23N3O. The molecule has 0 unspecified atom stereocenters. The number of aromatic nitrogens is 1. The third kappa shape index (κ3) is 3.63. The van der Waals surface area contributed by atoms with Gasteiger partial charge in [0.05, 0.1) is 5.56 Å². The molecule has 0 bridgehead atoms. The first-order chi connectivity index (χ1) is 12.2. The molecule has 25 heavy (non-hydrogen) atoms. The minimum Gasteiger partial charge on any atom is -0.331 e. The van der Waals surface area contributed by atoms with Gasteiger partial charge in [-0.2, -0.15) is 0 Å². The summed E-state index contributed by atoms with van der Waals surface area (Å²) in [6.45, 7) is 9.34. The topological polar surface area (TPSA) is 36.4 Å². The zero-order valence-electron chi connectivity index (χ0n) is 14.4. The van der Waals surface area contributed by atoms with Crippen molar-refractivity contribution < 1.29 is 4.79 Å². The fraction of sp³-hybridized carbons (Fsp3) is 0.238. The number of fused-ring (bicyclic) bond motifs is 1. The number of carbonyl (C=O) groups is 1. The Labute approximate surface area is 149 Å². The number of aryl methyl sites for hydroxylation is 1. The molecule has 0 saturated carbocycles. The second-order valence-corrected chi connectivity index (χ2v) is 6.08. The first kappa shape index (κ1) is 17.0. The van der Waals surface area contributed by atoms with Gasteiger partial charge in [-0.05, 0) is 36.6 Å². The molecule has 2 heterocycles. The summed E-state index contributed by atoms with van der Waals surface area (Å²) >= 11 is 0. The van der Waals surface area contributed by atoms with Crippen LogP contribution in [0.4, 0.5) is 11.5 Å². The van der Waals surface area contributed by atoms with E-state index in [1.54, 1.807) is 23.2 Å². The van der Waals surface area contributed by atoms with Crippen molar-refractivity contribution in [2.24, 2.45) is 0 Å². The normalized spacial score (nSPS) is 13.0. The summed E-state index contributed by atoms with van der Waals surface area (Å²) in [6.07, 6.45) is 7.29. The lowest BCUT2D eigenvalue weighted by atomic mass is 10.0. The maximum atomic E-state index is 12.6. The number of pyridine rings is 1. The molecule has 1 amide bonds. The van der Waals surface area contributed by atoms with Gasteiger partial charge in [0.2, 0.25) is 0 Å². The average molecular weight is 333 g/mol. The Kier molecular flexibility index (Phi) is 5.29. The first-order valence-electron chi connectivity index (χ1n) is 8.57. The highest BCUT2D eigenvalue weighted by Crippen LogP contribution is 2.32. The van der Waals surface area contributed by atoms with Crippen molar-refractivity contribution in [2.75, 3.05) is 24.5 Å². The van der Waals surface area contributed by atoms with Gasteiger partial charge in [0.15, 0.2) is 0 Å². The Morgan fingerprint density at radius 2 is 1.92 bits per heavy atom. The van der Waals surface area contributed by atoms with Crippen LogP contribution in [0.1, 0.15) is 22.3 Å². The van der Waals surface area contributed by atoms with Crippen LogP contribution < -0.4 is 4.90 Å². The summed E-state index contributed by atoms with van der Waals surface area (Å²) in [5.41, 5.74) is 3.14. The average Bonchev–Trinajstić information content (AvgIpc) is 2.67. The van der Waals surface area contributed by atoms with E-state index in [1.807, 2.05) is 12.1 Å². The van der Waals surface area contributed by atoms with Gasteiger partial charge in [-0.3, -0.25) is 4.79 Å². The summed E-state index contributed by atoms with van der Waals surface area (Å²) < 4.78 is 0. The number of nitrogens with zero attached hydrogens (tertiary/aromatic N) is 3. The van der Waals surface area contributed by atoms with Crippen LogP contribution in [-0.2, 0) is 6.42 Å². The van der Waals surface area contributed by atoms with Crippen molar-refractivity contribution in [1.82, 2.24) is 9.88 Å². The van der Waals surface area contributed by atoms with E-state index in [2.05, 4.69) is 47.3 Å². The second kappa shape index (κ2) is 7.79. The number of hydrogen-bond donors (Lipinski definition) is 0.